The summed E-state index contributed by atoms with van der Waals surface area (Å²) in [6.45, 7) is 1.93. The first-order chi connectivity index (χ1) is 5.61. The van der Waals surface area contributed by atoms with Crippen LogP contribution in [0.4, 0.5) is 0 Å². The van der Waals surface area contributed by atoms with Gasteiger partial charge in [0.25, 0.3) is 0 Å². The maximum absolute atomic E-state index is 10.0. The number of hydrogen-bond acceptors (Lipinski definition) is 3. The van der Waals surface area contributed by atoms with E-state index in [1.807, 2.05) is 6.92 Å². The Balaban J connectivity index is 2.91. The summed E-state index contributed by atoms with van der Waals surface area (Å²) >= 11 is 3.50. The fourth-order valence-electron chi connectivity index (χ4n) is 1.68. The second kappa shape index (κ2) is 4.07. The van der Waals surface area contributed by atoms with Gasteiger partial charge in [0.1, 0.15) is 0 Å². The summed E-state index contributed by atoms with van der Waals surface area (Å²) in [5.41, 5.74) is 0.726. The monoisotopic (exact) mass is 204 g/mol. The molecule has 0 heterocycles. The Kier molecular flexibility index (Phi) is 3.56. The number of rotatable bonds is 2. The maximum Gasteiger partial charge on any atom is 0.0847 e. The van der Waals surface area contributed by atoms with E-state index in [-0.39, 0.29) is 0 Å². The van der Waals surface area contributed by atoms with E-state index in [0.29, 0.717) is 0 Å². The molecule has 1 unspecified atom stereocenters. The van der Waals surface area contributed by atoms with E-state index < -0.39 is 5.60 Å². The van der Waals surface area contributed by atoms with Gasteiger partial charge in [0, 0.05) is 4.24 Å². The summed E-state index contributed by atoms with van der Waals surface area (Å²) in [6.07, 6.45) is 7.28. The zero-order chi connectivity index (χ0) is 9.19. The van der Waals surface area contributed by atoms with E-state index in [9.17, 15) is 5.11 Å². The van der Waals surface area contributed by atoms with E-state index in [1.165, 1.54) is 9.81 Å². The molecule has 0 radical (unpaired) electrons. The molecule has 0 spiro atoms. The van der Waals surface area contributed by atoms with Gasteiger partial charge in [-0.3, -0.25) is 0 Å². The number of hydrogen-bond donors (Lipinski definition) is 1. The molecule has 12 heavy (non-hydrogen) atoms. The number of thioether (sulfide) groups is 2. The topological polar surface area (TPSA) is 20.2 Å². The summed E-state index contributed by atoms with van der Waals surface area (Å²) in [5, 5.41) is 10.0. The molecule has 0 bridgehead atoms. The molecule has 1 rings (SSSR count). The summed E-state index contributed by atoms with van der Waals surface area (Å²) in [4.78, 5) is 0. The van der Waals surface area contributed by atoms with Crippen LogP contribution < -0.4 is 0 Å². The van der Waals surface area contributed by atoms with Crippen LogP contribution in [-0.4, -0.2) is 23.2 Å². The molecular formula is C9H16OS2. The molecule has 0 aromatic carbocycles. The molecule has 0 aromatic heterocycles. The first-order valence-electron chi connectivity index (χ1n) is 4.16. The van der Waals surface area contributed by atoms with Crippen LogP contribution in [0, 0.1) is 0 Å². The van der Waals surface area contributed by atoms with Gasteiger partial charge in [-0.1, -0.05) is 0 Å². The van der Waals surface area contributed by atoms with Gasteiger partial charge >= 0.3 is 0 Å². The van der Waals surface area contributed by atoms with Crippen LogP contribution in [0.25, 0.3) is 0 Å². The van der Waals surface area contributed by atoms with Crippen LogP contribution >= 0.6 is 23.5 Å². The molecular weight excluding hydrogens is 188 g/mol. The Morgan fingerprint density at radius 2 is 2.00 bits per heavy atom. The minimum atomic E-state index is -0.526. The molecule has 1 N–H and O–H groups in total. The molecule has 3 heteroatoms. The van der Waals surface area contributed by atoms with Crippen molar-refractivity contribution in [3.05, 3.63) is 9.81 Å². The van der Waals surface area contributed by atoms with Gasteiger partial charge in [0.2, 0.25) is 0 Å². The van der Waals surface area contributed by atoms with Crippen LogP contribution in [0.15, 0.2) is 9.81 Å². The SMILES string of the molecule is CSC(SC)=C1CCCC1(C)O. The standard InChI is InChI=1S/C9H16OS2/c1-9(10)6-4-5-7(9)8(11-2)12-3/h10H,4-6H2,1-3H3. The smallest absolute Gasteiger partial charge is 0.0847 e. The largest absolute Gasteiger partial charge is 0.386 e. The molecule has 1 nitrogen and oxygen atoms in total. The van der Waals surface area contributed by atoms with Crippen molar-refractivity contribution in [3.63, 3.8) is 0 Å². The molecule has 0 saturated heterocycles. The maximum atomic E-state index is 10.0. The predicted octanol–water partition coefficient (Wildman–Crippen LogP) is 2.86. The molecule has 0 aliphatic heterocycles. The molecule has 70 valence electrons. The lowest BCUT2D eigenvalue weighted by molar-refractivity contribution is 0.106. The Morgan fingerprint density at radius 1 is 1.42 bits per heavy atom. The molecule has 1 saturated carbocycles. The minimum absolute atomic E-state index is 0.526. The minimum Gasteiger partial charge on any atom is -0.386 e. The first-order valence-corrected chi connectivity index (χ1v) is 6.60. The van der Waals surface area contributed by atoms with Crippen LogP contribution in [0.5, 0.6) is 0 Å². The highest BCUT2D eigenvalue weighted by molar-refractivity contribution is 8.21. The van der Waals surface area contributed by atoms with Crippen molar-refractivity contribution in [1.29, 1.82) is 0 Å². The summed E-state index contributed by atoms with van der Waals surface area (Å²) in [6, 6.07) is 0. The van der Waals surface area contributed by atoms with Crippen molar-refractivity contribution in [2.75, 3.05) is 12.5 Å². The van der Waals surface area contributed by atoms with E-state index >= 15 is 0 Å². The lowest BCUT2D eigenvalue weighted by atomic mass is 10.0. The molecule has 1 aliphatic rings. The van der Waals surface area contributed by atoms with Crippen LogP contribution in [0.1, 0.15) is 26.2 Å². The number of aliphatic hydroxyl groups is 1. The van der Waals surface area contributed by atoms with Crippen LogP contribution in [0.3, 0.4) is 0 Å². The third kappa shape index (κ3) is 2.01. The fraction of sp³-hybridized carbons (Fsp3) is 0.778. The lowest BCUT2D eigenvalue weighted by Gasteiger charge is -2.20. The van der Waals surface area contributed by atoms with Gasteiger partial charge < -0.3 is 5.11 Å². The molecule has 0 aromatic rings. The van der Waals surface area contributed by atoms with Crippen LogP contribution in [0.2, 0.25) is 0 Å². The quantitative estimate of drug-likeness (QED) is 0.747. The van der Waals surface area contributed by atoms with Crippen LogP contribution in [-0.2, 0) is 0 Å². The van der Waals surface area contributed by atoms with Crippen molar-refractivity contribution >= 4 is 23.5 Å². The highest BCUT2D eigenvalue weighted by Gasteiger charge is 2.33. The first kappa shape index (κ1) is 10.5. The predicted molar refractivity (Wildman–Crippen MR) is 58.5 cm³/mol. The highest BCUT2D eigenvalue weighted by Crippen LogP contribution is 2.42. The van der Waals surface area contributed by atoms with Crippen molar-refractivity contribution < 1.29 is 5.11 Å². The van der Waals surface area contributed by atoms with Gasteiger partial charge in [-0.25, -0.2) is 0 Å². The second-order valence-electron chi connectivity index (χ2n) is 3.30. The van der Waals surface area contributed by atoms with Gasteiger partial charge in [0.05, 0.1) is 5.60 Å². The average Bonchev–Trinajstić information content (AvgIpc) is 2.34. The molecule has 1 fully saturated rings. The van der Waals surface area contributed by atoms with Crippen molar-refractivity contribution in [2.24, 2.45) is 0 Å². The zero-order valence-corrected chi connectivity index (χ0v) is 9.52. The summed E-state index contributed by atoms with van der Waals surface area (Å²) in [5.74, 6) is 0. The van der Waals surface area contributed by atoms with E-state index in [1.54, 1.807) is 23.5 Å². The summed E-state index contributed by atoms with van der Waals surface area (Å²) < 4.78 is 1.30. The van der Waals surface area contributed by atoms with Crippen molar-refractivity contribution in [1.82, 2.24) is 0 Å². The van der Waals surface area contributed by atoms with Gasteiger partial charge in [0.15, 0.2) is 0 Å². The Hall–Kier alpha value is 0.400. The normalized spacial score (nSPS) is 29.5. The van der Waals surface area contributed by atoms with E-state index in [2.05, 4.69) is 12.5 Å². The Labute approximate surface area is 83.0 Å². The summed E-state index contributed by atoms with van der Waals surface area (Å²) in [7, 11) is 0. The van der Waals surface area contributed by atoms with E-state index in [0.717, 1.165) is 19.3 Å². The second-order valence-corrected chi connectivity index (χ2v) is 5.19. The van der Waals surface area contributed by atoms with Crippen molar-refractivity contribution in [2.45, 2.75) is 31.8 Å². The van der Waals surface area contributed by atoms with Gasteiger partial charge in [-0.15, -0.1) is 23.5 Å². The van der Waals surface area contributed by atoms with Gasteiger partial charge in [-0.2, -0.15) is 0 Å². The fourth-order valence-corrected chi connectivity index (χ4v) is 3.48. The molecule has 0 amide bonds. The zero-order valence-electron chi connectivity index (χ0n) is 7.89. The Morgan fingerprint density at radius 3 is 2.33 bits per heavy atom. The molecule has 1 aliphatic carbocycles. The average molecular weight is 204 g/mol. The third-order valence-electron chi connectivity index (χ3n) is 2.36. The van der Waals surface area contributed by atoms with E-state index in [4.69, 9.17) is 0 Å². The van der Waals surface area contributed by atoms with Gasteiger partial charge in [-0.05, 0) is 44.3 Å². The third-order valence-corrected chi connectivity index (χ3v) is 4.59. The lowest BCUT2D eigenvalue weighted by Crippen LogP contribution is -2.21. The highest BCUT2D eigenvalue weighted by atomic mass is 32.2. The Bertz CT molecular complexity index is 191. The van der Waals surface area contributed by atoms with Crippen molar-refractivity contribution in [3.8, 4) is 0 Å². The molecule has 1 atom stereocenters.